The zero-order valence-electron chi connectivity index (χ0n) is 8.88. The van der Waals surface area contributed by atoms with Crippen LogP contribution in [0.1, 0.15) is 12.8 Å². The molecule has 0 saturated heterocycles. The van der Waals surface area contributed by atoms with Crippen molar-refractivity contribution in [3.05, 3.63) is 38.0 Å². The Morgan fingerprint density at radius 2 is 1.71 bits per heavy atom. The van der Waals surface area contributed by atoms with Gasteiger partial charge in [0.05, 0.1) is 0 Å². The SMILES string of the molecule is C=CCNC(=O)C([SiH3])(CC=C)CC=C. The summed E-state index contributed by atoms with van der Waals surface area (Å²) in [5.74, 6) is 0.0869. The Bertz CT molecular complexity index is 225. The molecule has 14 heavy (non-hydrogen) atoms. The van der Waals surface area contributed by atoms with E-state index in [4.69, 9.17) is 0 Å². The lowest BCUT2D eigenvalue weighted by molar-refractivity contribution is -0.123. The average molecular weight is 209 g/mol. The molecule has 3 heteroatoms. The molecule has 0 spiro atoms. The minimum absolute atomic E-state index is 0.0869. The van der Waals surface area contributed by atoms with E-state index >= 15 is 0 Å². The van der Waals surface area contributed by atoms with Gasteiger partial charge in [-0.05, 0) is 12.8 Å². The fourth-order valence-corrected chi connectivity index (χ4v) is 2.04. The van der Waals surface area contributed by atoms with E-state index in [-0.39, 0.29) is 10.9 Å². The number of amides is 1. The van der Waals surface area contributed by atoms with E-state index in [9.17, 15) is 4.79 Å². The van der Waals surface area contributed by atoms with Gasteiger partial charge in [0.25, 0.3) is 0 Å². The summed E-state index contributed by atoms with van der Waals surface area (Å²) in [5.41, 5.74) is 0. The average Bonchev–Trinajstić information content (AvgIpc) is 2.15. The highest BCUT2D eigenvalue weighted by molar-refractivity contribution is 6.28. The van der Waals surface area contributed by atoms with Gasteiger partial charge in [-0.2, -0.15) is 0 Å². The summed E-state index contributed by atoms with van der Waals surface area (Å²) in [6.07, 6.45) is 6.71. The fraction of sp³-hybridized carbons (Fsp3) is 0.364. The van der Waals surface area contributed by atoms with Gasteiger partial charge in [-0.3, -0.25) is 4.79 Å². The molecule has 0 fully saturated rings. The number of allylic oxidation sites excluding steroid dienone is 2. The van der Waals surface area contributed by atoms with Crippen LogP contribution in [-0.4, -0.2) is 22.7 Å². The third-order valence-corrected chi connectivity index (χ3v) is 3.42. The van der Waals surface area contributed by atoms with Gasteiger partial charge in [-0.1, -0.05) is 18.2 Å². The standard InChI is InChI=1S/C11H19NOSi/c1-4-7-11(14,8-5-2)10(13)12-9-6-3/h4-6H,1-3,7-9H2,14H3,(H,12,13). The van der Waals surface area contributed by atoms with Crippen LogP contribution < -0.4 is 5.32 Å². The van der Waals surface area contributed by atoms with E-state index in [0.717, 1.165) is 10.2 Å². The fourth-order valence-electron chi connectivity index (χ4n) is 1.28. The van der Waals surface area contributed by atoms with Crippen LogP contribution in [0.2, 0.25) is 5.04 Å². The lowest BCUT2D eigenvalue weighted by Crippen LogP contribution is -2.35. The number of rotatable bonds is 7. The molecule has 0 atom stereocenters. The maximum absolute atomic E-state index is 11.8. The summed E-state index contributed by atoms with van der Waals surface area (Å²) in [6, 6.07) is 0. The molecule has 0 aliphatic carbocycles. The van der Waals surface area contributed by atoms with Crippen molar-refractivity contribution in [1.82, 2.24) is 5.32 Å². The van der Waals surface area contributed by atoms with Crippen LogP contribution in [0, 0.1) is 0 Å². The number of hydrogen-bond acceptors (Lipinski definition) is 1. The Labute approximate surface area is 89.2 Å². The summed E-state index contributed by atoms with van der Waals surface area (Å²) >= 11 is 0. The maximum Gasteiger partial charge on any atom is 0.223 e. The van der Waals surface area contributed by atoms with Crippen LogP contribution in [0.3, 0.4) is 0 Å². The minimum atomic E-state index is -0.285. The van der Waals surface area contributed by atoms with E-state index in [1.165, 1.54) is 0 Å². The molecule has 78 valence electrons. The quantitative estimate of drug-likeness (QED) is 0.491. The first kappa shape index (κ1) is 12.9. The highest BCUT2D eigenvalue weighted by Gasteiger charge is 2.29. The zero-order chi connectivity index (χ0) is 11.0. The van der Waals surface area contributed by atoms with Crippen LogP contribution in [0.4, 0.5) is 0 Å². The van der Waals surface area contributed by atoms with Gasteiger partial charge in [0, 0.05) is 21.8 Å². The first-order chi connectivity index (χ1) is 6.60. The molecular formula is C11H19NOSi. The summed E-state index contributed by atoms with van der Waals surface area (Å²) in [5, 5.41) is 2.54. The van der Waals surface area contributed by atoms with Gasteiger partial charge >= 0.3 is 0 Å². The van der Waals surface area contributed by atoms with Crippen LogP contribution >= 0.6 is 0 Å². The van der Waals surface area contributed by atoms with Crippen LogP contribution in [-0.2, 0) is 4.79 Å². The van der Waals surface area contributed by atoms with Crippen LogP contribution in [0.25, 0.3) is 0 Å². The Morgan fingerprint density at radius 3 is 2.07 bits per heavy atom. The van der Waals surface area contributed by atoms with Gasteiger partial charge in [0.1, 0.15) is 0 Å². The topological polar surface area (TPSA) is 29.1 Å². The summed E-state index contributed by atoms with van der Waals surface area (Å²) in [7, 11) is 0.800. The van der Waals surface area contributed by atoms with E-state index in [1.54, 1.807) is 18.2 Å². The van der Waals surface area contributed by atoms with Gasteiger partial charge in [0.15, 0.2) is 0 Å². The van der Waals surface area contributed by atoms with Crippen molar-refractivity contribution in [2.45, 2.75) is 17.9 Å². The largest absolute Gasteiger partial charge is 0.352 e. The van der Waals surface area contributed by atoms with Gasteiger partial charge in [-0.25, -0.2) is 0 Å². The molecule has 0 saturated carbocycles. The van der Waals surface area contributed by atoms with Crippen LogP contribution in [0.5, 0.6) is 0 Å². The normalized spacial score (nSPS) is 10.6. The summed E-state index contributed by atoms with van der Waals surface area (Å²) in [4.78, 5) is 11.8. The third kappa shape index (κ3) is 3.74. The van der Waals surface area contributed by atoms with Crippen molar-refractivity contribution in [2.24, 2.45) is 0 Å². The molecular weight excluding hydrogens is 190 g/mol. The molecule has 0 bridgehead atoms. The molecule has 0 heterocycles. The third-order valence-electron chi connectivity index (χ3n) is 2.14. The monoisotopic (exact) mass is 209 g/mol. The molecule has 0 aromatic rings. The van der Waals surface area contributed by atoms with Crippen molar-refractivity contribution >= 4 is 16.1 Å². The second-order valence-electron chi connectivity index (χ2n) is 3.54. The van der Waals surface area contributed by atoms with Crippen LogP contribution in [0.15, 0.2) is 38.0 Å². The Morgan fingerprint density at radius 1 is 1.21 bits per heavy atom. The second kappa shape index (κ2) is 6.37. The van der Waals surface area contributed by atoms with Crippen molar-refractivity contribution in [2.75, 3.05) is 6.54 Å². The van der Waals surface area contributed by atoms with Crippen molar-refractivity contribution in [1.29, 1.82) is 0 Å². The lowest BCUT2D eigenvalue weighted by atomic mass is 9.98. The highest BCUT2D eigenvalue weighted by atomic mass is 28.1. The number of carbonyl (C=O) groups excluding carboxylic acids is 1. The molecule has 0 rings (SSSR count). The molecule has 0 aliphatic rings. The molecule has 1 amide bonds. The second-order valence-corrected chi connectivity index (χ2v) is 5.46. The van der Waals surface area contributed by atoms with E-state index < -0.39 is 0 Å². The molecule has 0 aromatic heterocycles. The van der Waals surface area contributed by atoms with Crippen molar-refractivity contribution < 1.29 is 4.79 Å². The Kier molecular flexibility index (Phi) is 5.88. The van der Waals surface area contributed by atoms with Crippen molar-refractivity contribution in [3.63, 3.8) is 0 Å². The van der Waals surface area contributed by atoms with Gasteiger partial charge in [0.2, 0.25) is 5.91 Å². The minimum Gasteiger partial charge on any atom is -0.352 e. The van der Waals surface area contributed by atoms with E-state index in [1.807, 2.05) is 0 Å². The van der Waals surface area contributed by atoms with E-state index in [0.29, 0.717) is 19.4 Å². The van der Waals surface area contributed by atoms with Gasteiger partial charge in [-0.15, -0.1) is 19.7 Å². The molecule has 0 unspecified atom stereocenters. The zero-order valence-corrected chi connectivity index (χ0v) is 10.9. The Balaban J connectivity index is 4.44. The highest BCUT2D eigenvalue weighted by Crippen LogP contribution is 2.31. The molecule has 0 radical (unpaired) electrons. The Hall–Kier alpha value is -1.09. The predicted octanol–water partition coefficient (Wildman–Crippen LogP) is 0.965. The molecule has 0 aliphatic heterocycles. The smallest absolute Gasteiger partial charge is 0.223 e. The number of hydrogen-bond donors (Lipinski definition) is 1. The predicted molar refractivity (Wildman–Crippen MR) is 65.5 cm³/mol. The lowest BCUT2D eigenvalue weighted by Gasteiger charge is -2.25. The number of nitrogens with one attached hydrogen (secondary N) is 1. The first-order valence-electron chi connectivity index (χ1n) is 4.71. The van der Waals surface area contributed by atoms with Gasteiger partial charge < -0.3 is 5.32 Å². The molecule has 2 nitrogen and oxygen atoms in total. The summed E-state index contributed by atoms with van der Waals surface area (Å²) in [6.45, 7) is 11.4. The number of carbonyl (C=O) groups is 1. The first-order valence-corrected chi connectivity index (χ1v) is 5.71. The molecule has 0 aromatic carbocycles. The van der Waals surface area contributed by atoms with Crippen molar-refractivity contribution in [3.8, 4) is 0 Å². The summed E-state index contributed by atoms with van der Waals surface area (Å²) < 4.78 is 0. The van der Waals surface area contributed by atoms with E-state index in [2.05, 4.69) is 25.1 Å². The maximum atomic E-state index is 11.8. The molecule has 1 N–H and O–H groups in total.